The minimum absolute atomic E-state index is 0.0116. The van der Waals surface area contributed by atoms with Crippen LogP contribution in [-0.4, -0.2) is 16.8 Å². The first-order chi connectivity index (χ1) is 9.72. The highest BCUT2D eigenvalue weighted by atomic mass is 32.2. The number of hydrogen-bond donors (Lipinski definition) is 2. The van der Waals surface area contributed by atoms with Gasteiger partial charge in [0.05, 0.1) is 4.88 Å². The van der Waals surface area contributed by atoms with Gasteiger partial charge in [-0.3, -0.25) is 4.79 Å². The van der Waals surface area contributed by atoms with Crippen molar-refractivity contribution >= 4 is 29.0 Å². The first-order valence-electron chi connectivity index (χ1n) is 6.48. The van der Waals surface area contributed by atoms with Crippen molar-refractivity contribution in [3.8, 4) is 5.75 Å². The molecule has 0 saturated carbocycles. The molecular weight excluding hydrogens is 290 g/mol. The fraction of sp³-hybridized carbons (Fsp3) is 0.267. The number of aryl methyl sites for hydroxylation is 1. The Hall–Kier alpha value is -1.46. The summed E-state index contributed by atoms with van der Waals surface area (Å²) in [5, 5.41) is 12.1. The molecule has 1 aliphatic rings. The lowest BCUT2D eigenvalue weighted by atomic mass is 10.2. The Kier molecular flexibility index (Phi) is 3.98. The zero-order valence-electron chi connectivity index (χ0n) is 10.9. The van der Waals surface area contributed by atoms with Crippen molar-refractivity contribution in [2.24, 2.45) is 0 Å². The Labute approximate surface area is 126 Å². The largest absolute Gasteiger partial charge is 0.508 e. The molecule has 0 bridgehead atoms. The van der Waals surface area contributed by atoms with E-state index in [9.17, 15) is 9.90 Å². The van der Waals surface area contributed by atoms with Crippen LogP contribution in [0.5, 0.6) is 5.75 Å². The van der Waals surface area contributed by atoms with E-state index >= 15 is 0 Å². The first kappa shape index (κ1) is 13.5. The number of fused-ring (bicyclic) bond motifs is 1. The van der Waals surface area contributed by atoms with Crippen LogP contribution in [0, 0.1) is 0 Å². The Balaban J connectivity index is 1.64. The SMILES string of the molecule is O=C(NCc1ccc(O)cc1)c1cc2c(s1)CCSC2. The van der Waals surface area contributed by atoms with Crippen LogP contribution in [0.4, 0.5) is 0 Å². The zero-order valence-corrected chi connectivity index (χ0v) is 12.5. The van der Waals surface area contributed by atoms with E-state index in [1.54, 1.807) is 23.5 Å². The highest BCUT2D eigenvalue weighted by Crippen LogP contribution is 2.31. The molecule has 1 amide bonds. The third-order valence-corrected chi connectivity index (χ3v) is 5.48. The summed E-state index contributed by atoms with van der Waals surface area (Å²) >= 11 is 3.54. The van der Waals surface area contributed by atoms with Crippen LogP contribution in [0.1, 0.15) is 25.7 Å². The number of thiophene rings is 1. The second-order valence-electron chi connectivity index (χ2n) is 4.71. The van der Waals surface area contributed by atoms with Gasteiger partial charge in [-0.25, -0.2) is 0 Å². The number of amides is 1. The third kappa shape index (κ3) is 2.99. The summed E-state index contributed by atoms with van der Waals surface area (Å²) in [7, 11) is 0. The van der Waals surface area contributed by atoms with Crippen molar-refractivity contribution in [2.75, 3.05) is 5.75 Å². The lowest BCUT2D eigenvalue weighted by Crippen LogP contribution is -2.21. The lowest BCUT2D eigenvalue weighted by Gasteiger charge is -2.08. The van der Waals surface area contributed by atoms with Gasteiger partial charge in [0.2, 0.25) is 0 Å². The molecule has 0 unspecified atom stereocenters. The predicted octanol–water partition coefficient (Wildman–Crippen LogP) is 3.17. The molecule has 1 aliphatic heterocycles. The average Bonchev–Trinajstić information content (AvgIpc) is 2.90. The second-order valence-corrected chi connectivity index (χ2v) is 6.95. The van der Waals surface area contributed by atoms with Gasteiger partial charge in [-0.2, -0.15) is 11.8 Å². The van der Waals surface area contributed by atoms with E-state index in [0.29, 0.717) is 6.54 Å². The number of phenols is 1. The van der Waals surface area contributed by atoms with E-state index in [-0.39, 0.29) is 11.7 Å². The molecule has 5 heteroatoms. The molecule has 2 N–H and O–H groups in total. The van der Waals surface area contributed by atoms with Crippen molar-refractivity contribution in [3.05, 3.63) is 51.2 Å². The normalized spacial score (nSPS) is 13.8. The van der Waals surface area contributed by atoms with E-state index in [2.05, 4.69) is 5.32 Å². The number of hydrogen-bond acceptors (Lipinski definition) is 4. The fourth-order valence-electron chi connectivity index (χ4n) is 2.14. The van der Waals surface area contributed by atoms with Gasteiger partial charge in [0.1, 0.15) is 5.75 Å². The summed E-state index contributed by atoms with van der Waals surface area (Å²) in [6.07, 6.45) is 1.08. The van der Waals surface area contributed by atoms with Gasteiger partial charge >= 0.3 is 0 Å². The molecule has 0 spiro atoms. The van der Waals surface area contributed by atoms with Crippen LogP contribution in [0.3, 0.4) is 0 Å². The van der Waals surface area contributed by atoms with Gasteiger partial charge in [0.15, 0.2) is 0 Å². The second kappa shape index (κ2) is 5.89. The molecule has 0 fully saturated rings. The Bertz CT molecular complexity index is 596. The summed E-state index contributed by atoms with van der Waals surface area (Å²) in [4.78, 5) is 14.3. The zero-order chi connectivity index (χ0) is 13.9. The predicted molar refractivity (Wildman–Crippen MR) is 83.5 cm³/mol. The van der Waals surface area contributed by atoms with E-state index in [1.807, 2.05) is 30.0 Å². The first-order valence-corrected chi connectivity index (χ1v) is 8.45. The molecule has 0 atom stereocenters. The highest BCUT2D eigenvalue weighted by molar-refractivity contribution is 7.98. The number of carbonyl (C=O) groups excluding carboxylic acids is 1. The standard InChI is InChI=1S/C15H15NO2S2/c17-12-3-1-10(2-4-12)8-16-15(18)14-7-11-9-19-6-5-13(11)20-14/h1-4,7,17H,5-6,8-9H2,(H,16,18). The van der Waals surface area contributed by atoms with Crippen LogP contribution in [0.2, 0.25) is 0 Å². The van der Waals surface area contributed by atoms with E-state index in [4.69, 9.17) is 0 Å². The van der Waals surface area contributed by atoms with Gasteiger partial charge in [0, 0.05) is 17.2 Å². The van der Waals surface area contributed by atoms with Crippen molar-refractivity contribution in [2.45, 2.75) is 18.7 Å². The monoisotopic (exact) mass is 305 g/mol. The molecule has 104 valence electrons. The van der Waals surface area contributed by atoms with E-state index < -0.39 is 0 Å². The summed E-state index contributed by atoms with van der Waals surface area (Å²) in [5.74, 6) is 2.41. The summed E-state index contributed by atoms with van der Waals surface area (Å²) < 4.78 is 0. The maximum Gasteiger partial charge on any atom is 0.261 e. The number of carbonyl (C=O) groups is 1. The number of aromatic hydroxyl groups is 1. The van der Waals surface area contributed by atoms with Gasteiger partial charge in [-0.15, -0.1) is 11.3 Å². The van der Waals surface area contributed by atoms with Crippen LogP contribution < -0.4 is 5.32 Å². The van der Waals surface area contributed by atoms with Gasteiger partial charge in [-0.05, 0) is 41.5 Å². The highest BCUT2D eigenvalue weighted by Gasteiger charge is 2.17. The summed E-state index contributed by atoms with van der Waals surface area (Å²) in [6, 6.07) is 8.90. The fourth-order valence-corrected chi connectivity index (χ4v) is 4.43. The quantitative estimate of drug-likeness (QED) is 0.915. The molecule has 3 nitrogen and oxygen atoms in total. The molecule has 0 aliphatic carbocycles. The molecule has 2 aromatic rings. The number of benzene rings is 1. The number of phenolic OH excluding ortho intramolecular Hbond substituents is 1. The van der Waals surface area contributed by atoms with Crippen LogP contribution >= 0.6 is 23.1 Å². The summed E-state index contributed by atoms with van der Waals surface area (Å²) in [5.41, 5.74) is 2.30. The van der Waals surface area contributed by atoms with Gasteiger partial charge < -0.3 is 10.4 Å². The molecule has 2 heterocycles. The maximum absolute atomic E-state index is 12.1. The molecule has 3 rings (SSSR count). The number of rotatable bonds is 3. The average molecular weight is 305 g/mol. The van der Waals surface area contributed by atoms with Crippen molar-refractivity contribution < 1.29 is 9.90 Å². The lowest BCUT2D eigenvalue weighted by molar-refractivity contribution is 0.0955. The number of nitrogens with one attached hydrogen (secondary N) is 1. The molecule has 0 saturated heterocycles. The van der Waals surface area contributed by atoms with Crippen molar-refractivity contribution in [3.63, 3.8) is 0 Å². The smallest absolute Gasteiger partial charge is 0.261 e. The van der Waals surface area contributed by atoms with E-state index in [0.717, 1.165) is 28.4 Å². The van der Waals surface area contributed by atoms with Crippen LogP contribution in [0.25, 0.3) is 0 Å². The Morgan fingerprint density at radius 3 is 2.85 bits per heavy atom. The minimum Gasteiger partial charge on any atom is -0.508 e. The molecule has 1 aromatic heterocycles. The molecule has 20 heavy (non-hydrogen) atoms. The van der Waals surface area contributed by atoms with Gasteiger partial charge in [0.25, 0.3) is 5.91 Å². The van der Waals surface area contributed by atoms with E-state index in [1.165, 1.54) is 10.4 Å². The molecule has 1 aromatic carbocycles. The topological polar surface area (TPSA) is 49.3 Å². The van der Waals surface area contributed by atoms with Gasteiger partial charge in [-0.1, -0.05) is 12.1 Å². The Morgan fingerprint density at radius 2 is 2.10 bits per heavy atom. The van der Waals surface area contributed by atoms with Crippen LogP contribution in [0.15, 0.2) is 30.3 Å². The van der Waals surface area contributed by atoms with Crippen molar-refractivity contribution in [1.82, 2.24) is 5.32 Å². The molecular formula is C15H15NO2S2. The Morgan fingerprint density at radius 1 is 1.30 bits per heavy atom. The van der Waals surface area contributed by atoms with Crippen molar-refractivity contribution in [1.29, 1.82) is 0 Å². The number of thioether (sulfide) groups is 1. The summed E-state index contributed by atoms with van der Waals surface area (Å²) in [6.45, 7) is 0.483. The molecule has 0 radical (unpaired) electrons. The third-order valence-electron chi connectivity index (χ3n) is 3.24. The maximum atomic E-state index is 12.1. The van der Waals surface area contributed by atoms with Crippen LogP contribution in [-0.2, 0) is 18.7 Å². The minimum atomic E-state index is -0.0116.